The lowest BCUT2D eigenvalue weighted by atomic mass is 9.80. The maximum atomic E-state index is 12.7. The van der Waals surface area contributed by atoms with Crippen molar-refractivity contribution in [2.24, 2.45) is 5.41 Å². The van der Waals surface area contributed by atoms with Crippen molar-refractivity contribution in [3.63, 3.8) is 0 Å². The molecule has 0 aliphatic carbocycles. The van der Waals surface area contributed by atoms with Crippen molar-refractivity contribution in [2.45, 2.75) is 51.9 Å². The summed E-state index contributed by atoms with van der Waals surface area (Å²) < 4.78 is 0. The van der Waals surface area contributed by atoms with Crippen molar-refractivity contribution in [2.75, 3.05) is 19.6 Å². The van der Waals surface area contributed by atoms with Crippen molar-refractivity contribution < 1.29 is 19.5 Å². The van der Waals surface area contributed by atoms with E-state index in [1.54, 1.807) is 17.0 Å². The Kier molecular flexibility index (Phi) is 7.82. The molecule has 148 valence electrons. The molecule has 1 aliphatic heterocycles. The van der Waals surface area contributed by atoms with Crippen LogP contribution in [0.15, 0.2) is 30.3 Å². The quantitative estimate of drug-likeness (QED) is 0.650. The first kappa shape index (κ1) is 20.9. The second-order valence-electron chi connectivity index (χ2n) is 7.57. The predicted octanol–water partition coefficient (Wildman–Crippen LogP) is 3.08. The monoisotopic (exact) mass is 374 g/mol. The number of rotatable bonds is 9. The molecule has 1 saturated heterocycles. The molecule has 1 atom stereocenters. The smallest absolute Gasteiger partial charge is 0.303 e. The van der Waals surface area contributed by atoms with Crippen LogP contribution in [0.5, 0.6) is 0 Å². The highest BCUT2D eigenvalue weighted by Crippen LogP contribution is 2.30. The third kappa shape index (κ3) is 6.38. The summed E-state index contributed by atoms with van der Waals surface area (Å²) in [5.41, 5.74) is 0.0925. The van der Waals surface area contributed by atoms with Crippen LogP contribution in [0.1, 0.15) is 62.2 Å². The Labute approximate surface area is 160 Å². The zero-order chi connectivity index (χ0) is 19.7. The number of piperidine rings is 1. The number of carboxylic acid groups (broad SMARTS) is 1. The molecule has 1 aromatic carbocycles. The van der Waals surface area contributed by atoms with Gasteiger partial charge in [0.15, 0.2) is 0 Å². The summed E-state index contributed by atoms with van der Waals surface area (Å²) in [5, 5.41) is 11.6. The summed E-state index contributed by atoms with van der Waals surface area (Å²) in [7, 11) is 0. The van der Waals surface area contributed by atoms with Crippen LogP contribution in [0.4, 0.5) is 0 Å². The average molecular weight is 374 g/mol. The van der Waals surface area contributed by atoms with E-state index in [4.69, 9.17) is 5.11 Å². The Morgan fingerprint density at radius 1 is 1.11 bits per heavy atom. The number of likely N-dealkylation sites (tertiary alicyclic amines) is 1. The number of nitrogens with zero attached hydrogens (tertiary/aromatic N) is 1. The van der Waals surface area contributed by atoms with Crippen LogP contribution >= 0.6 is 0 Å². The molecule has 1 fully saturated rings. The average Bonchev–Trinajstić information content (AvgIpc) is 2.67. The SMILES string of the molecule is CC1(C(=O)NCCCCCCC(=O)O)CCCN(C(=O)c2ccccc2)C1. The summed E-state index contributed by atoms with van der Waals surface area (Å²) in [5.74, 6) is -0.783. The van der Waals surface area contributed by atoms with Crippen LogP contribution in [0.3, 0.4) is 0 Å². The van der Waals surface area contributed by atoms with Gasteiger partial charge in [0.2, 0.25) is 5.91 Å². The first-order valence-corrected chi connectivity index (χ1v) is 9.77. The van der Waals surface area contributed by atoms with E-state index in [-0.39, 0.29) is 18.2 Å². The number of unbranched alkanes of at least 4 members (excludes halogenated alkanes) is 3. The van der Waals surface area contributed by atoms with Crippen molar-refractivity contribution in [1.82, 2.24) is 10.2 Å². The maximum absolute atomic E-state index is 12.7. The number of carbonyl (C=O) groups excluding carboxylic acids is 2. The maximum Gasteiger partial charge on any atom is 0.303 e. The van der Waals surface area contributed by atoms with Crippen LogP contribution in [0.25, 0.3) is 0 Å². The van der Waals surface area contributed by atoms with Gasteiger partial charge in [0.1, 0.15) is 0 Å². The Hall–Kier alpha value is -2.37. The fourth-order valence-corrected chi connectivity index (χ4v) is 3.53. The molecule has 1 aromatic rings. The Morgan fingerprint density at radius 2 is 1.81 bits per heavy atom. The molecule has 2 N–H and O–H groups in total. The molecule has 6 nitrogen and oxygen atoms in total. The van der Waals surface area contributed by atoms with E-state index < -0.39 is 11.4 Å². The summed E-state index contributed by atoms with van der Waals surface area (Å²) in [6.45, 7) is 3.64. The highest BCUT2D eigenvalue weighted by molar-refractivity contribution is 5.95. The molecule has 0 spiro atoms. The molecule has 0 bridgehead atoms. The fraction of sp³-hybridized carbons (Fsp3) is 0.571. The van der Waals surface area contributed by atoms with E-state index >= 15 is 0 Å². The van der Waals surface area contributed by atoms with E-state index in [0.29, 0.717) is 31.6 Å². The van der Waals surface area contributed by atoms with E-state index in [2.05, 4.69) is 5.32 Å². The summed E-state index contributed by atoms with van der Waals surface area (Å²) >= 11 is 0. The van der Waals surface area contributed by atoms with Gasteiger partial charge in [-0.05, 0) is 44.7 Å². The Morgan fingerprint density at radius 3 is 2.52 bits per heavy atom. The van der Waals surface area contributed by atoms with E-state index in [1.807, 2.05) is 25.1 Å². The van der Waals surface area contributed by atoms with Crippen molar-refractivity contribution in [3.8, 4) is 0 Å². The molecular formula is C21H30N2O4. The number of benzene rings is 1. The van der Waals surface area contributed by atoms with E-state index in [1.165, 1.54) is 0 Å². The van der Waals surface area contributed by atoms with Gasteiger partial charge < -0.3 is 15.3 Å². The normalized spacial score (nSPS) is 19.5. The summed E-state index contributed by atoms with van der Waals surface area (Å²) in [6, 6.07) is 9.18. The van der Waals surface area contributed by atoms with Crippen molar-refractivity contribution in [1.29, 1.82) is 0 Å². The van der Waals surface area contributed by atoms with Crippen molar-refractivity contribution >= 4 is 17.8 Å². The lowest BCUT2D eigenvalue weighted by molar-refractivity contribution is -0.137. The molecule has 0 radical (unpaired) electrons. The van der Waals surface area contributed by atoms with Gasteiger partial charge in [-0.3, -0.25) is 14.4 Å². The van der Waals surface area contributed by atoms with Gasteiger partial charge in [0.25, 0.3) is 5.91 Å². The lowest BCUT2D eigenvalue weighted by Crippen LogP contribution is -2.52. The zero-order valence-corrected chi connectivity index (χ0v) is 16.1. The topological polar surface area (TPSA) is 86.7 Å². The van der Waals surface area contributed by atoms with E-state index in [9.17, 15) is 14.4 Å². The first-order valence-electron chi connectivity index (χ1n) is 9.77. The number of hydrogen-bond donors (Lipinski definition) is 2. The third-order valence-electron chi connectivity index (χ3n) is 5.16. The molecule has 27 heavy (non-hydrogen) atoms. The van der Waals surface area contributed by atoms with Crippen LogP contribution in [0.2, 0.25) is 0 Å². The van der Waals surface area contributed by atoms with Gasteiger partial charge >= 0.3 is 5.97 Å². The molecule has 6 heteroatoms. The Bertz CT molecular complexity index is 647. The number of carbonyl (C=O) groups is 3. The van der Waals surface area contributed by atoms with Gasteiger partial charge in [-0.15, -0.1) is 0 Å². The summed E-state index contributed by atoms with van der Waals surface area (Å²) in [4.78, 5) is 37.6. The number of carboxylic acids is 1. The second-order valence-corrected chi connectivity index (χ2v) is 7.57. The van der Waals surface area contributed by atoms with Crippen molar-refractivity contribution in [3.05, 3.63) is 35.9 Å². The minimum absolute atomic E-state index is 0.00130. The van der Waals surface area contributed by atoms with E-state index in [0.717, 1.165) is 32.1 Å². The standard InChI is InChI=1S/C21H30N2O4/c1-21(20(27)22-14-8-3-2-7-12-18(24)25)13-9-15-23(16-21)19(26)17-10-5-4-6-11-17/h4-6,10-11H,2-3,7-9,12-16H2,1H3,(H,22,27)(H,24,25). The van der Waals surface area contributed by atoms with Crippen LogP contribution < -0.4 is 5.32 Å². The molecule has 1 unspecified atom stereocenters. The Balaban J connectivity index is 1.77. The fourth-order valence-electron chi connectivity index (χ4n) is 3.53. The van der Waals surface area contributed by atoms with Gasteiger partial charge in [-0.1, -0.05) is 31.0 Å². The van der Waals surface area contributed by atoms with Gasteiger partial charge in [-0.2, -0.15) is 0 Å². The molecule has 0 saturated carbocycles. The first-order chi connectivity index (χ1) is 12.9. The second kappa shape index (κ2) is 10.1. The third-order valence-corrected chi connectivity index (χ3v) is 5.16. The molecule has 1 heterocycles. The zero-order valence-electron chi connectivity index (χ0n) is 16.1. The number of aliphatic carboxylic acids is 1. The number of hydrogen-bond acceptors (Lipinski definition) is 3. The lowest BCUT2D eigenvalue weighted by Gasteiger charge is -2.39. The molecular weight excluding hydrogens is 344 g/mol. The highest BCUT2D eigenvalue weighted by atomic mass is 16.4. The molecule has 1 aliphatic rings. The molecule has 2 rings (SSSR count). The van der Waals surface area contributed by atoms with Gasteiger partial charge in [0.05, 0.1) is 5.41 Å². The highest BCUT2D eigenvalue weighted by Gasteiger charge is 2.39. The molecule has 2 amide bonds. The summed E-state index contributed by atoms with van der Waals surface area (Å²) in [6.07, 6.45) is 5.08. The van der Waals surface area contributed by atoms with Crippen LogP contribution in [0, 0.1) is 5.41 Å². The van der Waals surface area contributed by atoms with Gasteiger partial charge in [-0.25, -0.2) is 0 Å². The van der Waals surface area contributed by atoms with Crippen LogP contribution in [-0.4, -0.2) is 47.4 Å². The largest absolute Gasteiger partial charge is 0.481 e. The number of amides is 2. The predicted molar refractivity (Wildman–Crippen MR) is 103 cm³/mol. The van der Waals surface area contributed by atoms with Crippen LogP contribution in [-0.2, 0) is 9.59 Å². The number of nitrogens with one attached hydrogen (secondary N) is 1. The minimum atomic E-state index is -0.761. The molecule has 0 aromatic heterocycles. The van der Waals surface area contributed by atoms with Gasteiger partial charge in [0, 0.05) is 31.6 Å². The minimum Gasteiger partial charge on any atom is -0.481 e.